The van der Waals surface area contributed by atoms with E-state index in [4.69, 9.17) is 5.73 Å². The summed E-state index contributed by atoms with van der Waals surface area (Å²) in [6.45, 7) is 2.01. The van der Waals surface area contributed by atoms with Crippen LogP contribution in [0.1, 0.15) is 50.3 Å². The molecule has 0 aliphatic heterocycles. The summed E-state index contributed by atoms with van der Waals surface area (Å²) in [6, 6.07) is 5.22. The van der Waals surface area contributed by atoms with E-state index < -0.39 is 35.5 Å². The highest BCUT2D eigenvalue weighted by Gasteiger charge is 2.28. The van der Waals surface area contributed by atoms with Crippen LogP contribution < -0.4 is 16.4 Å². The van der Waals surface area contributed by atoms with E-state index >= 15 is 0 Å². The maximum Gasteiger partial charge on any atom is 0.223 e. The molecule has 0 fully saturated rings. The molecular weight excluding hydrogens is 480 g/mol. The highest BCUT2D eigenvalue weighted by atomic mass is 16.3. The summed E-state index contributed by atoms with van der Waals surface area (Å²) in [5.41, 5.74) is 6.58. The van der Waals surface area contributed by atoms with E-state index in [1.807, 2.05) is 0 Å². The fourth-order valence-electron chi connectivity index (χ4n) is 3.69. The lowest BCUT2D eigenvalue weighted by Gasteiger charge is -2.21. The van der Waals surface area contributed by atoms with Crippen molar-refractivity contribution < 1.29 is 29.1 Å². The molecule has 3 amide bonds. The van der Waals surface area contributed by atoms with Crippen molar-refractivity contribution in [3.8, 4) is 5.75 Å². The number of hydrogen-bond acceptors (Lipinski definition) is 8. The zero-order valence-electron chi connectivity index (χ0n) is 21.1. The van der Waals surface area contributed by atoms with Gasteiger partial charge in [-0.2, -0.15) is 0 Å². The molecule has 12 heteroatoms. The number of nitrogens with two attached hydrogens (primary N) is 1. The molecule has 200 valence electrons. The highest BCUT2D eigenvalue weighted by Crippen LogP contribution is 2.16. The first-order chi connectivity index (χ1) is 17.6. The second-order valence-electron chi connectivity index (χ2n) is 8.76. The molecule has 1 heterocycles. The van der Waals surface area contributed by atoms with Crippen molar-refractivity contribution in [1.82, 2.24) is 25.6 Å². The predicted molar refractivity (Wildman–Crippen MR) is 133 cm³/mol. The Hall–Kier alpha value is -4.09. The van der Waals surface area contributed by atoms with E-state index in [2.05, 4.69) is 20.9 Å². The Balaban J connectivity index is 2.05. The maximum absolute atomic E-state index is 13.1. The lowest BCUT2D eigenvalue weighted by atomic mass is 9.91. The Morgan fingerprint density at radius 2 is 1.78 bits per heavy atom. The third-order valence-corrected chi connectivity index (χ3v) is 5.82. The lowest BCUT2D eigenvalue weighted by molar-refractivity contribution is -0.133. The van der Waals surface area contributed by atoms with Crippen molar-refractivity contribution in [3.05, 3.63) is 41.7 Å². The van der Waals surface area contributed by atoms with Crippen molar-refractivity contribution in [3.63, 3.8) is 0 Å². The van der Waals surface area contributed by atoms with Gasteiger partial charge in [-0.25, -0.2) is 0 Å². The van der Waals surface area contributed by atoms with Crippen molar-refractivity contribution in [2.75, 3.05) is 7.05 Å². The number of Topliss-reactive ketones (excluding diaryl/α,β-unsaturated/α-hetero) is 2. The van der Waals surface area contributed by atoms with Gasteiger partial charge in [0.05, 0.1) is 24.2 Å². The molecule has 0 aliphatic rings. The fraction of sp³-hybridized carbons (Fsp3) is 0.480. The summed E-state index contributed by atoms with van der Waals surface area (Å²) >= 11 is 0. The molecule has 2 atom stereocenters. The molecule has 2 aromatic rings. The zero-order chi connectivity index (χ0) is 27.4. The molecule has 0 saturated heterocycles. The van der Waals surface area contributed by atoms with Crippen LogP contribution in [0, 0.1) is 5.92 Å². The van der Waals surface area contributed by atoms with Gasteiger partial charge in [0.15, 0.2) is 5.78 Å². The normalized spacial score (nSPS) is 12.4. The van der Waals surface area contributed by atoms with Crippen LogP contribution in [0.4, 0.5) is 0 Å². The lowest BCUT2D eigenvalue weighted by Crippen LogP contribution is -2.44. The number of nitrogens with zero attached hydrogens (tertiary/aromatic N) is 3. The van der Waals surface area contributed by atoms with Gasteiger partial charge < -0.3 is 21.5 Å². The number of hydrogen-bond donors (Lipinski definition) is 4. The molecule has 5 N–H and O–H groups in total. The fourth-order valence-corrected chi connectivity index (χ4v) is 3.69. The average molecular weight is 515 g/mol. The summed E-state index contributed by atoms with van der Waals surface area (Å²) in [4.78, 5) is 60.9. The SMILES string of the molecule is CCC(=O)CCc1cn(CCC(=O)N[C@H](Cc2ccc(O)cc2)C(=O)C[C@@H](CC(N)=O)C(=O)NC)nn1. The molecule has 0 saturated carbocycles. The standard InChI is InChI=1S/C25H34N6O6/c1-3-19(32)9-6-18-15-31(30-29-18)11-10-24(36)28-21(12-16-4-7-20(33)8-5-16)22(34)13-17(14-23(26)35)25(37)27-2/h4-5,7-8,15,17,21,33H,3,6,9-14H2,1-2H3,(H2,26,35)(H,27,37)(H,28,36)/t17-,21+/m0/s1. The van der Waals surface area contributed by atoms with Gasteiger partial charge in [-0.05, 0) is 30.5 Å². The summed E-state index contributed by atoms with van der Waals surface area (Å²) in [6.07, 6.45) is 2.54. The van der Waals surface area contributed by atoms with Gasteiger partial charge in [-0.3, -0.25) is 28.7 Å². The summed E-state index contributed by atoms with van der Waals surface area (Å²) in [7, 11) is 1.40. The third kappa shape index (κ3) is 10.2. The van der Waals surface area contributed by atoms with Crippen LogP contribution in [-0.4, -0.2) is 62.5 Å². The van der Waals surface area contributed by atoms with Gasteiger partial charge in [0.25, 0.3) is 0 Å². The van der Waals surface area contributed by atoms with E-state index in [-0.39, 0.29) is 43.8 Å². The molecule has 0 spiro atoms. The quantitative estimate of drug-likeness (QED) is 0.245. The number of phenolic OH excluding ortho intramolecular Hbond substituents is 1. The molecule has 0 aliphatic carbocycles. The molecule has 2 rings (SSSR count). The first kappa shape index (κ1) is 29.1. The van der Waals surface area contributed by atoms with E-state index in [1.165, 1.54) is 23.9 Å². The number of rotatable bonds is 16. The van der Waals surface area contributed by atoms with Crippen molar-refractivity contribution in [2.24, 2.45) is 11.7 Å². The first-order valence-electron chi connectivity index (χ1n) is 12.1. The Bertz CT molecular complexity index is 1100. The van der Waals surface area contributed by atoms with Crippen LogP contribution in [0.25, 0.3) is 0 Å². The van der Waals surface area contributed by atoms with Crippen LogP contribution in [0.2, 0.25) is 0 Å². The summed E-state index contributed by atoms with van der Waals surface area (Å²) in [5, 5.41) is 22.7. The van der Waals surface area contributed by atoms with E-state index in [0.717, 1.165) is 0 Å². The van der Waals surface area contributed by atoms with E-state index in [1.54, 1.807) is 25.3 Å². The zero-order valence-corrected chi connectivity index (χ0v) is 21.1. The number of primary amides is 1. The number of carbonyl (C=O) groups is 5. The number of phenols is 1. The monoisotopic (exact) mass is 514 g/mol. The molecule has 1 aromatic heterocycles. The summed E-state index contributed by atoms with van der Waals surface area (Å²) in [5.74, 6) is -2.82. The van der Waals surface area contributed by atoms with Crippen LogP contribution >= 0.6 is 0 Å². The number of nitrogens with one attached hydrogen (secondary N) is 2. The number of benzene rings is 1. The van der Waals surface area contributed by atoms with E-state index in [0.29, 0.717) is 30.5 Å². The van der Waals surface area contributed by atoms with Crippen molar-refractivity contribution >= 4 is 29.3 Å². The molecule has 0 bridgehead atoms. The number of amides is 3. The number of aryl methyl sites for hydroxylation is 2. The number of ketones is 2. The van der Waals surface area contributed by atoms with Crippen molar-refractivity contribution in [1.29, 1.82) is 0 Å². The van der Waals surface area contributed by atoms with Crippen LogP contribution in [0.3, 0.4) is 0 Å². The third-order valence-electron chi connectivity index (χ3n) is 5.82. The van der Waals surface area contributed by atoms with E-state index in [9.17, 15) is 29.1 Å². The number of aromatic hydroxyl groups is 1. The highest BCUT2D eigenvalue weighted by molar-refractivity contribution is 5.94. The van der Waals surface area contributed by atoms with Gasteiger partial charge in [0.1, 0.15) is 11.5 Å². The van der Waals surface area contributed by atoms with Gasteiger partial charge in [0.2, 0.25) is 17.7 Å². The predicted octanol–water partition coefficient (Wildman–Crippen LogP) is 0.210. The Labute approximate surface area is 215 Å². The molecule has 37 heavy (non-hydrogen) atoms. The molecule has 12 nitrogen and oxygen atoms in total. The second kappa shape index (κ2) is 14.5. The Morgan fingerprint density at radius 1 is 1.08 bits per heavy atom. The Morgan fingerprint density at radius 3 is 2.41 bits per heavy atom. The van der Waals surface area contributed by atoms with Crippen LogP contribution in [0.15, 0.2) is 30.5 Å². The maximum atomic E-state index is 13.1. The van der Waals surface area contributed by atoms with Crippen LogP contribution in [-0.2, 0) is 43.4 Å². The van der Waals surface area contributed by atoms with Crippen LogP contribution in [0.5, 0.6) is 5.75 Å². The molecule has 0 radical (unpaired) electrons. The van der Waals surface area contributed by atoms with Gasteiger partial charge in [-0.1, -0.05) is 24.3 Å². The minimum absolute atomic E-state index is 0.0101. The smallest absolute Gasteiger partial charge is 0.223 e. The molecular formula is C25H34N6O6. The number of aromatic nitrogens is 3. The Kier molecular flexibility index (Phi) is 11.4. The molecule has 0 unspecified atom stereocenters. The minimum Gasteiger partial charge on any atom is -0.508 e. The minimum atomic E-state index is -0.969. The largest absolute Gasteiger partial charge is 0.508 e. The first-order valence-corrected chi connectivity index (χ1v) is 12.1. The molecule has 1 aromatic carbocycles. The van der Waals surface area contributed by atoms with Gasteiger partial charge in [0, 0.05) is 45.3 Å². The topological polar surface area (TPSA) is 186 Å². The van der Waals surface area contributed by atoms with Gasteiger partial charge in [-0.15, -0.1) is 5.10 Å². The second-order valence-corrected chi connectivity index (χ2v) is 8.76. The number of carbonyl (C=O) groups excluding carboxylic acids is 5. The summed E-state index contributed by atoms with van der Waals surface area (Å²) < 4.78 is 1.50. The van der Waals surface area contributed by atoms with Gasteiger partial charge >= 0.3 is 0 Å². The van der Waals surface area contributed by atoms with Crippen molar-refractivity contribution in [2.45, 2.75) is 64.5 Å². The average Bonchev–Trinajstić information content (AvgIpc) is 3.33.